The van der Waals surface area contributed by atoms with Gasteiger partial charge in [0.05, 0.1) is 0 Å². The molecule has 1 unspecified atom stereocenters. The van der Waals surface area contributed by atoms with Crippen molar-refractivity contribution in [1.82, 2.24) is 5.32 Å². The molecule has 0 bridgehead atoms. The highest BCUT2D eigenvalue weighted by Crippen LogP contribution is 2.15. The zero-order valence-electron chi connectivity index (χ0n) is 14.0. The largest absolute Gasteiger partial charge is 0.316 e. The Bertz CT molecular complexity index is 593. The number of nitrogens with one attached hydrogen (secondary N) is 1. The molecule has 0 saturated heterocycles. The summed E-state index contributed by atoms with van der Waals surface area (Å²) < 4.78 is 0. The molecule has 2 aromatic carbocycles. The molecule has 112 valence electrons. The van der Waals surface area contributed by atoms with Gasteiger partial charge in [-0.3, -0.25) is 0 Å². The van der Waals surface area contributed by atoms with Crippen molar-refractivity contribution in [2.24, 2.45) is 0 Å². The van der Waals surface area contributed by atoms with E-state index in [-0.39, 0.29) is 0 Å². The number of rotatable bonds is 5. The summed E-state index contributed by atoms with van der Waals surface area (Å²) in [5, 5.41) is 3.47. The van der Waals surface area contributed by atoms with E-state index in [1.165, 1.54) is 33.4 Å². The average Bonchev–Trinajstić information content (AvgIpc) is 2.41. The molecule has 0 aliphatic rings. The third kappa shape index (κ3) is 4.44. The summed E-state index contributed by atoms with van der Waals surface area (Å²) in [6, 6.07) is 14.1. The van der Waals surface area contributed by atoms with E-state index < -0.39 is 0 Å². The molecule has 0 radical (unpaired) electrons. The third-order valence-electron chi connectivity index (χ3n) is 4.23. The lowest BCUT2D eigenvalue weighted by Gasteiger charge is -2.18. The van der Waals surface area contributed by atoms with Gasteiger partial charge in [0, 0.05) is 6.04 Å². The molecule has 1 N–H and O–H groups in total. The zero-order chi connectivity index (χ0) is 15.4. The van der Waals surface area contributed by atoms with Crippen LogP contribution in [0.25, 0.3) is 0 Å². The molecule has 0 aromatic heterocycles. The van der Waals surface area contributed by atoms with E-state index in [0.717, 1.165) is 12.8 Å². The van der Waals surface area contributed by atoms with Crippen molar-refractivity contribution in [1.29, 1.82) is 0 Å². The summed E-state index contributed by atoms with van der Waals surface area (Å²) in [5.74, 6) is 0. The van der Waals surface area contributed by atoms with E-state index in [1.54, 1.807) is 0 Å². The molecule has 2 rings (SSSR count). The molecule has 1 nitrogen and oxygen atoms in total. The predicted octanol–water partition coefficient (Wildman–Crippen LogP) is 4.29. The first-order chi connectivity index (χ1) is 9.97. The topological polar surface area (TPSA) is 12.0 Å². The normalized spacial score (nSPS) is 12.4. The van der Waals surface area contributed by atoms with Crippen molar-refractivity contribution < 1.29 is 0 Å². The molecule has 1 atom stereocenters. The van der Waals surface area contributed by atoms with E-state index in [2.05, 4.69) is 76.5 Å². The fourth-order valence-electron chi connectivity index (χ4n) is 2.96. The molecule has 0 aliphatic carbocycles. The Kier molecular flexibility index (Phi) is 5.19. The first kappa shape index (κ1) is 15.8. The lowest BCUT2D eigenvalue weighted by molar-refractivity contribution is 0.556. The predicted molar refractivity (Wildman–Crippen MR) is 92.1 cm³/mol. The molecule has 21 heavy (non-hydrogen) atoms. The Morgan fingerprint density at radius 1 is 0.762 bits per heavy atom. The van der Waals surface area contributed by atoms with Gasteiger partial charge in [-0.1, -0.05) is 47.5 Å². The molecule has 0 amide bonds. The maximum atomic E-state index is 3.47. The lowest BCUT2D eigenvalue weighted by atomic mass is 9.95. The monoisotopic (exact) mass is 281 g/mol. The van der Waals surface area contributed by atoms with Gasteiger partial charge < -0.3 is 5.32 Å². The SMILES string of the molecule is CNC(Cc1cc(C)cc(C)c1)Cc1ccc(C)c(C)c1. The average molecular weight is 281 g/mol. The number of hydrogen-bond donors (Lipinski definition) is 1. The van der Waals surface area contributed by atoms with Crippen molar-refractivity contribution in [3.05, 3.63) is 69.8 Å². The Morgan fingerprint density at radius 2 is 1.38 bits per heavy atom. The molecule has 0 spiro atoms. The van der Waals surface area contributed by atoms with Crippen LogP contribution >= 0.6 is 0 Å². The molecule has 0 fully saturated rings. The van der Waals surface area contributed by atoms with Crippen LogP contribution in [0, 0.1) is 27.7 Å². The van der Waals surface area contributed by atoms with E-state index in [9.17, 15) is 0 Å². The summed E-state index contributed by atoms with van der Waals surface area (Å²) in [7, 11) is 2.06. The van der Waals surface area contributed by atoms with Crippen LogP contribution in [0.1, 0.15) is 33.4 Å². The minimum absolute atomic E-state index is 0.480. The van der Waals surface area contributed by atoms with Crippen LogP contribution in [-0.2, 0) is 12.8 Å². The molecule has 1 heteroatoms. The highest BCUT2D eigenvalue weighted by atomic mass is 14.9. The maximum absolute atomic E-state index is 3.47. The zero-order valence-corrected chi connectivity index (χ0v) is 14.0. The molecule has 0 saturated carbocycles. The van der Waals surface area contributed by atoms with Crippen molar-refractivity contribution in [3.8, 4) is 0 Å². The Morgan fingerprint density at radius 3 is 1.95 bits per heavy atom. The smallest absolute Gasteiger partial charge is 0.0145 e. The van der Waals surface area contributed by atoms with Gasteiger partial charge in [0.25, 0.3) is 0 Å². The van der Waals surface area contributed by atoms with Crippen LogP contribution in [0.4, 0.5) is 0 Å². The minimum Gasteiger partial charge on any atom is -0.316 e. The number of aryl methyl sites for hydroxylation is 4. The number of likely N-dealkylation sites (N-methyl/N-ethyl adjacent to an activating group) is 1. The third-order valence-corrected chi connectivity index (χ3v) is 4.23. The molecular formula is C20H27N. The van der Waals surface area contributed by atoms with E-state index >= 15 is 0 Å². The minimum atomic E-state index is 0.480. The molecule has 2 aromatic rings. The van der Waals surface area contributed by atoms with Gasteiger partial charge in [0.2, 0.25) is 0 Å². The first-order valence-corrected chi connectivity index (χ1v) is 7.78. The highest BCUT2D eigenvalue weighted by molar-refractivity contribution is 5.32. The second kappa shape index (κ2) is 6.91. The van der Waals surface area contributed by atoms with Gasteiger partial charge in [-0.2, -0.15) is 0 Å². The van der Waals surface area contributed by atoms with Gasteiger partial charge in [0.1, 0.15) is 0 Å². The van der Waals surface area contributed by atoms with Crippen LogP contribution in [0.3, 0.4) is 0 Å². The first-order valence-electron chi connectivity index (χ1n) is 7.78. The van der Waals surface area contributed by atoms with E-state index in [0.29, 0.717) is 6.04 Å². The lowest BCUT2D eigenvalue weighted by Crippen LogP contribution is -2.30. The van der Waals surface area contributed by atoms with Gasteiger partial charge in [-0.25, -0.2) is 0 Å². The van der Waals surface area contributed by atoms with Crippen LogP contribution in [0.2, 0.25) is 0 Å². The Balaban J connectivity index is 2.10. The Labute approximate surface area is 129 Å². The van der Waals surface area contributed by atoms with E-state index in [4.69, 9.17) is 0 Å². The fourth-order valence-corrected chi connectivity index (χ4v) is 2.96. The van der Waals surface area contributed by atoms with Crippen LogP contribution in [0.15, 0.2) is 36.4 Å². The van der Waals surface area contributed by atoms with Crippen molar-refractivity contribution in [2.45, 2.75) is 46.6 Å². The van der Waals surface area contributed by atoms with Gasteiger partial charge >= 0.3 is 0 Å². The standard InChI is InChI=1S/C20H27N/c1-14-8-15(2)10-19(9-14)13-20(21-5)12-18-7-6-16(3)17(4)11-18/h6-11,20-21H,12-13H2,1-5H3. The van der Waals surface area contributed by atoms with Crippen LogP contribution < -0.4 is 5.32 Å². The van der Waals surface area contributed by atoms with Gasteiger partial charge in [-0.05, 0) is 69.8 Å². The van der Waals surface area contributed by atoms with Gasteiger partial charge in [0.15, 0.2) is 0 Å². The molecule has 0 aliphatic heterocycles. The number of hydrogen-bond acceptors (Lipinski definition) is 1. The van der Waals surface area contributed by atoms with E-state index in [1.807, 2.05) is 0 Å². The quantitative estimate of drug-likeness (QED) is 0.862. The van der Waals surface area contributed by atoms with Crippen molar-refractivity contribution in [3.63, 3.8) is 0 Å². The van der Waals surface area contributed by atoms with Gasteiger partial charge in [-0.15, -0.1) is 0 Å². The Hall–Kier alpha value is -1.60. The van der Waals surface area contributed by atoms with Crippen LogP contribution in [0.5, 0.6) is 0 Å². The summed E-state index contributed by atoms with van der Waals surface area (Å²) in [5.41, 5.74) is 8.30. The van der Waals surface area contributed by atoms with Crippen LogP contribution in [-0.4, -0.2) is 13.1 Å². The van der Waals surface area contributed by atoms with Crippen molar-refractivity contribution in [2.75, 3.05) is 7.05 Å². The fraction of sp³-hybridized carbons (Fsp3) is 0.400. The van der Waals surface area contributed by atoms with Crippen molar-refractivity contribution >= 4 is 0 Å². The highest BCUT2D eigenvalue weighted by Gasteiger charge is 2.10. The molecule has 0 heterocycles. The second-order valence-electron chi connectivity index (χ2n) is 6.31. The summed E-state index contributed by atoms with van der Waals surface area (Å²) >= 11 is 0. The maximum Gasteiger partial charge on any atom is 0.0145 e. The second-order valence-corrected chi connectivity index (χ2v) is 6.31. The summed E-state index contributed by atoms with van der Waals surface area (Å²) in [4.78, 5) is 0. The summed E-state index contributed by atoms with van der Waals surface area (Å²) in [6.45, 7) is 8.71. The molecular weight excluding hydrogens is 254 g/mol. The number of benzene rings is 2. The summed E-state index contributed by atoms with van der Waals surface area (Å²) in [6.07, 6.45) is 2.15.